The Bertz CT molecular complexity index is 792. The molecule has 1 atom stereocenters. The van der Waals surface area contributed by atoms with Crippen LogP contribution in [0.5, 0.6) is 0 Å². The maximum Gasteiger partial charge on any atom is 0.329 e. The summed E-state index contributed by atoms with van der Waals surface area (Å²) in [6, 6.07) is 17.8. The van der Waals surface area contributed by atoms with Gasteiger partial charge in [-0.15, -0.1) is 0 Å². The highest BCUT2D eigenvalue weighted by Crippen LogP contribution is 2.38. The van der Waals surface area contributed by atoms with Gasteiger partial charge in [-0.25, -0.2) is 4.79 Å². The molecule has 1 fully saturated rings. The molecule has 0 unspecified atom stereocenters. The molecule has 0 radical (unpaired) electrons. The zero-order chi connectivity index (χ0) is 17.9. The number of nitrogens with zero attached hydrogens (tertiary/aromatic N) is 2. The predicted octanol–water partition coefficient (Wildman–Crippen LogP) is 2.56. The lowest BCUT2D eigenvalue weighted by atomic mass is 9.96. The van der Waals surface area contributed by atoms with Gasteiger partial charge in [0.1, 0.15) is 6.61 Å². The maximum atomic E-state index is 10.6. The van der Waals surface area contributed by atoms with E-state index in [2.05, 4.69) is 58.3 Å². The standard InChI is InChI=1S/C21H24N2O3/c24-21(25)15-26-12-11-22-9-10-23-19-8-4-2-6-17(19)13-16-5-1-3-7-18(16)20(23)14-22/h1-8,20H,9-15H2,(H,24,25)/t20-/m1/s1. The van der Waals surface area contributed by atoms with Crippen LogP contribution in [0.4, 0.5) is 5.69 Å². The van der Waals surface area contributed by atoms with Crippen molar-refractivity contribution in [1.82, 2.24) is 4.90 Å². The summed E-state index contributed by atoms with van der Waals surface area (Å²) in [5.74, 6) is -0.913. The molecule has 0 amide bonds. The van der Waals surface area contributed by atoms with Crippen molar-refractivity contribution in [2.45, 2.75) is 12.5 Å². The monoisotopic (exact) mass is 352 g/mol. The third-order valence-corrected chi connectivity index (χ3v) is 5.34. The summed E-state index contributed by atoms with van der Waals surface area (Å²) >= 11 is 0. The average molecular weight is 352 g/mol. The number of carbonyl (C=O) groups is 1. The van der Waals surface area contributed by atoms with E-state index in [4.69, 9.17) is 9.84 Å². The summed E-state index contributed by atoms with van der Waals surface area (Å²) in [7, 11) is 0. The topological polar surface area (TPSA) is 53.0 Å². The molecular formula is C21H24N2O3. The molecule has 136 valence electrons. The number of hydrogen-bond acceptors (Lipinski definition) is 4. The van der Waals surface area contributed by atoms with Gasteiger partial charge in [0, 0.05) is 31.9 Å². The Hall–Kier alpha value is -2.37. The van der Waals surface area contributed by atoms with E-state index >= 15 is 0 Å². The van der Waals surface area contributed by atoms with Crippen molar-refractivity contribution < 1.29 is 14.6 Å². The van der Waals surface area contributed by atoms with E-state index in [9.17, 15) is 4.79 Å². The fourth-order valence-corrected chi connectivity index (χ4v) is 4.12. The largest absolute Gasteiger partial charge is 0.480 e. The second-order valence-corrected chi connectivity index (χ2v) is 6.96. The van der Waals surface area contributed by atoms with E-state index in [1.54, 1.807) is 0 Å². The van der Waals surface area contributed by atoms with Gasteiger partial charge >= 0.3 is 5.97 Å². The smallest absolute Gasteiger partial charge is 0.329 e. The number of benzene rings is 2. The third kappa shape index (κ3) is 3.45. The minimum absolute atomic E-state index is 0.223. The van der Waals surface area contributed by atoms with Crippen LogP contribution < -0.4 is 4.90 Å². The number of carboxylic acid groups (broad SMARTS) is 1. The second kappa shape index (κ2) is 7.48. The molecule has 5 heteroatoms. The molecular weight excluding hydrogens is 328 g/mol. The van der Waals surface area contributed by atoms with Crippen LogP contribution in [0.3, 0.4) is 0 Å². The minimum atomic E-state index is -0.913. The van der Waals surface area contributed by atoms with Gasteiger partial charge in [0.15, 0.2) is 0 Å². The Labute approximate surface area is 153 Å². The first-order valence-electron chi connectivity index (χ1n) is 9.16. The number of fused-ring (bicyclic) bond motifs is 5. The molecule has 2 aromatic rings. The molecule has 0 spiro atoms. The van der Waals surface area contributed by atoms with Gasteiger partial charge in [0.25, 0.3) is 0 Å². The molecule has 2 aromatic carbocycles. The van der Waals surface area contributed by atoms with Gasteiger partial charge < -0.3 is 14.7 Å². The Morgan fingerprint density at radius 2 is 1.85 bits per heavy atom. The van der Waals surface area contributed by atoms with E-state index in [1.807, 2.05) is 0 Å². The number of rotatable bonds is 5. The van der Waals surface area contributed by atoms with Crippen molar-refractivity contribution in [2.24, 2.45) is 0 Å². The molecule has 1 N–H and O–H groups in total. The lowest BCUT2D eigenvalue weighted by Crippen LogP contribution is -2.49. The van der Waals surface area contributed by atoms with Crippen LogP contribution in [-0.4, -0.2) is 55.4 Å². The molecule has 2 heterocycles. The molecule has 26 heavy (non-hydrogen) atoms. The van der Waals surface area contributed by atoms with Crippen molar-refractivity contribution in [3.05, 3.63) is 65.2 Å². The van der Waals surface area contributed by atoms with E-state index in [0.717, 1.165) is 32.6 Å². The van der Waals surface area contributed by atoms with Gasteiger partial charge in [0.05, 0.1) is 12.6 Å². The van der Waals surface area contributed by atoms with Crippen molar-refractivity contribution in [2.75, 3.05) is 44.3 Å². The maximum absolute atomic E-state index is 10.6. The number of piperazine rings is 1. The SMILES string of the molecule is O=C(O)COCCN1CCN2c3ccccc3Cc3ccccc3[C@H]2C1. The number of ether oxygens (including phenoxy) is 1. The lowest BCUT2D eigenvalue weighted by molar-refractivity contribution is -0.142. The highest BCUT2D eigenvalue weighted by Gasteiger charge is 2.32. The highest BCUT2D eigenvalue weighted by atomic mass is 16.5. The van der Waals surface area contributed by atoms with Gasteiger partial charge in [-0.05, 0) is 29.2 Å². The first kappa shape index (κ1) is 17.1. The van der Waals surface area contributed by atoms with Crippen LogP contribution >= 0.6 is 0 Å². The molecule has 0 aliphatic carbocycles. The summed E-state index contributed by atoms with van der Waals surface area (Å²) in [5, 5.41) is 8.69. The Morgan fingerprint density at radius 3 is 2.69 bits per heavy atom. The van der Waals surface area contributed by atoms with Crippen LogP contribution in [0.15, 0.2) is 48.5 Å². The second-order valence-electron chi connectivity index (χ2n) is 6.96. The van der Waals surface area contributed by atoms with Gasteiger partial charge in [0.2, 0.25) is 0 Å². The van der Waals surface area contributed by atoms with Gasteiger partial charge in [-0.2, -0.15) is 0 Å². The Kier molecular flexibility index (Phi) is 4.91. The van der Waals surface area contributed by atoms with Crippen LogP contribution in [0.1, 0.15) is 22.7 Å². The average Bonchev–Trinajstić information content (AvgIpc) is 2.79. The van der Waals surface area contributed by atoms with Crippen LogP contribution in [0, 0.1) is 0 Å². The first-order chi connectivity index (χ1) is 12.7. The molecule has 0 saturated carbocycles. The highest BCUT2D eigenvalue weighted by molar-refractivity contribution is 5.68. The van der Waals surface area contributed by atoms with Gasteiger partial charge in [-0.1, -0.05) is 42.5 Å². The summed E-state index contributed by atoms with van der Waals surface area (Å²) in [4.78, 5) is 15.5. The summed E-state index contributed by atoms with van der Waals surface area (Å²) in [6.45, 7) is 3.86. The first-order valence-corrected chi connectivity index (χ1v) is 9.16. The van der Waals surface area contributed by atoms with Crippen molar-refractivity contribution in [1.29, 1.82) is 0 Å². The zero-order valence-electron chi connectivity index (χ0n) is 14.8. The number of anilines is 1. The summed E-state index contributed by atoms with van der Waals surface area (Å²) in [5.41, 5.74) is 5.53. The van der Waals surface area contributed by atoms with E-state index in [-0.39, 0.29) is 6.61 Å². The van der Waals surface area contributed by atoms with Crippen LogP contribution in [0.2, 0.25) is 0 Å². The molecule has 2 aliphatic rings. The molecule has 0 bridgehead atoms. The number of aliphatic carboxylic acids is 1. The molecule has 1 saturated heterocycles. The summed E-state index contributed by atoms with van der Waals surface area (Å²) < 4.78 is 5.23. The lowest BCUT2D eigenvalue weighted by Gasteiger charge is -2.43. The predicted molar refractivity (Wildman–Crippen MR) is 101 cm³/mol. The van der Waals surface area contributed by atoms with Crippen molar-refractivity contribution in [3.63, 3.8) is 0 Å². The normalized spacial score (nSPS) is 19.2. The van der Waals surface area contributed by atoms with E-state index in [1.165, 1.54) is 22.4 Å². The number of para-hydroxylation sites is 1. The quantitative estimate of drug-likeness (QED) is 0.838. The van der Waals surface area contributed by atoms with Crippen LogP contribution in [0.25, 0.3) is 0 Å². The summed E-state index contributed by atoms with van der Waals surface area (Å²) in [6.07, 6.45) is 0.973. The van der Waals surface area contributed by atoms with E-state index < -0.39 is 5.97 Å². The van der Waals surface area contributed by atoms with E-state index in [0.29, 0.717) is 12.6 Å². The third-order valence-electron chi connectivity index (χ3n) is 5.34. The fourth-order valence-electron chi connectivity index (χ4n) is 4.12. The molecule has 4 rings (SSSR count). The Morgan fingerprint density at radius 1 is 1.08 bits per heavy atom. The number of carboxylic acids is 1. The zero-order valence-corrected chi connectivity index (χ0v) is 14.8. The van der Waals surface area contributed by atoms with Crippen molar-refractivity contribution in [3.8, 4) is 0 Å². The molecule has 0 aromatic heterocycles. The van der Waals surface area contributed by atoms with Gasteiger partial charge in [-0.3, -0.25) is 4.90 Å². The number of hydrogen-bond donors (Lipinski definition) is 1. The Balaban J connectivity index is 1.55. The van der Waals surface area contributed by atoms with Crippen LogP contribution in [-0.2, 0) is 16.0 Å². The van der Waals surface area contributed by atoms with Crippen molar-refractivity contribution >= 4 is 11.7 Å². The minimum Gasteiger partial charge on any atom is -0.480 e. The molecule has 5 nitrogen and oxygen atoms in total. The fraction of sp³-hybridized carbons (Fsp3) is 0.381. The molecule has 2 aliphatic heterocycles.